The fourth-order valence-electron chi connectivity index (χ4n) is 3.27. The van der Waals surface area contributed by atoms with Gasteiger partial charge in [-0.1, -0.05) is 35.5 Å². The Bertz CT molecular complexity index is 729. The highest BCUT2D eigenvalue weighted by Crippen LogP contribution is 2.22. The standard InChI is InChI=1S/C18H22N4O3/c23-17(22-11-5-4-8-15(22)9-10-18(24)25)13-21-12-16(19-20-21)14-6-2-1-3-7-14/h1-3,6-7,12,15H,4-5,8-11,13H2,(H,24,25). The minimum Gasteiger partial charge on any atom is -0.481 e. The highest BCUT2D eigenvalue weighted by atomic mass is 16.4. The molecular formula is C18H22N4O3. The van der Waals surface area contributed by atoms with Gasteiger partial charge in [-0.25, -0.2) is 4.68 Å². The second-order valence-electron chi connectivity index (χ2n) is 6.34. The van der Waals surface area contributed by atoms with E-state index < -0.39 is 5.97 Å². The first kappa shape index (κ1) is 17.1. The molecule has 2 aromatic rings. The molecule has 1 aromatic heterocycles. The van der Waals surface area contributed by atoms with Crippen LogP contribution in [0.5, 0.6) is 0 Å². The summed E-state index contributed by atoms with van der Waals surface area (Å²) in [7, 11) is 0. The summed E-state index contributed by atoms with van der Waals surface area (Å²) < 4.78 is 1.55. The molecule has 132 valence electrons. The summed E-state index contributed by atoms with van der Waals surface area (Å²) in [5.41, 5.74) is 1.69. The molecule has 1 atom stereocenters. The van der Waals surface area contributed by atoms with Crippen LogP contribution in [0.2, 0.25) is 0 Å². The maximum absolute atomic E-state index is 12.7. The molecule has 1 aliphatic rings. The Hall–Kier alpha value is -2.70. The first-order valence-corrected chi connectivity index (χ1v) is 8.60. The molecule has 0 bridgehead atoms. The number of carboxylic acids is 1. The molecule has 1 saturated heterocycles. The van der Waals surface area contributed by atoms with E-state index in [1.54, 1.807) is 10.9 Å². The maximum atomic E-state index is 12.7. The molecule has 0 saturated carbocycles. The zero-order chi connectivity index (χ0) is 17.6. The van der Waals surface area contributed by atoms with E-state index in [2.05, 4.69) is 10.3 Å². The summed E-state index contributed by atoms with van der Waals surface area (Å²) in [4.78, 5) is 25.3. The number of benzene rings is 1. The highest BCUT2D eigenvalue weighted by Gasteiger charge is 2.27. The molecule has 1 aliphatic heterocycles. The SMILES string of the molecule is O=C(O)CCC1CCCCN1C(=O)Cn1cc(-c2ccccc2)nn1. The van der Waals surface area contributed by atoms with Crippen molar-refractivity contribution in [2.24, 2.45) is 0 Å². The van der Waals surface area contributed by atoms with Crippen LogP contribution in [0, 0.1) is 0 Å². The average molecular weight is 342 g/mol. The van der Waals surface area contributed by atoms with Gasteiger partial charge in [0.05, 0.1) is 6.20 Å². The van der Waals surface area contributed by atoms with Gasteiger partial charge in [-0.15, -0.1) is 5.10 Å². The van der Waals surface area contributed by atoms with Gasteiger partial charge in [-0.2, -0.15) is 0 Å². The zero-order valence-corrected chi connectivity index (χ0v) is 14.0. The number of aromatic nitrogens is 3. The third-order valence-electron chi connectivity index (χ3n) is 4.54. The van der Waals surface area contributed by atoms with Crippen LogP contribution in [0.15, 0.2) is 36.5 Å². The lowest BCUT2D eigenvalue weighted by atomic mass is 9.98. The van der Waals surface area contributed by atoms with Crippen molar-refractivity contribution in [1.29, 1.82) is 0 Å². The highest BCUT2D eigenvalue weighted by molar-refractivity contribution is 5.76. The Balaban J connectivity index is 1.64. The Labute approximate surface area is 146 Å². The number of hydrogen-bond acceptors (Lipinski definition) is 4. The minimum absolute atomic E-state index is 0.00876. The Morgan fingerprint density at radius 3 is 2.76 bits per heavy atom. The van der Waals surface area contributed by atoms with Crippen molar-refractivity contribution in [3.8, 4) is 11.3 Å². The predicted octanol–water partition coefficient (Wildman–Crippen LogP) is 2.19. The summed E-state index contributed by atoms with van der Waals surface area (Å²) in [6.07, 6.45) is 5.23. The van der Waals surface area contributed by atoms with Gasteiger partial charge in [0.15, 0.2) is 0 Å². The molecule has 0 aliphatic carbocycles. The number of likely N-dealkylation sites (tertiary alicyclic amines) is 1. The summed E-state index contributed by atoms with van der Waals surface area (Å²) in [6, 6.07) is 9.70. The van der Waals surface area contributed by atoms with Crippen LogP contribution in [0.4, 0.5) is 0 Å². The molecule has 0 spiro atoms. The fraction of sp³-hybridized carbons (Fsp3) is 0.444. The molecule has 1 unspecified atom stereocenters. The van der Waals surface area contributed by atoms with Crippen LogP contribution in [0.3, 0.4) is 0 Å². The van der Waals surface area contributed by atoms with E-state index in [1.165, 1.54) is 0 Å². The van der Waals surface area contributed by atoms with Gasteiger partial charge in [0.25, 0.3) is 0 Å². The van der Waals surface area contributed by atoms with E-state index in [4.69, 9.17) is 5.11 Å². The predicted molar refractivity (Wildman–Crippen MR) is 91.7 cm³/mol. The lowest BCUT2D eigenvalue weighted by Crippen LogP contribution is -2.45. The largest absolute Gasteiger partial charge is 0.481 e. The lowest BCUT2D eigenvalue weighted by Gasteiger charge is -2.35. The smallest absolute Gasteiger partial charge is 0.303 e. The molecule has 2 heterocycles. The second-order valence-corrected chi connectivity index (χ2v) is 6.34. The second kappa shape index (κ2) is 7.92. The number of carboxylic acid groups (broad SMARTS) is 1. The molecule has 1 N–H and O–H groups in total. The monoisotopic (exact) mass is 342 g/mol. The normalized spacial score (nSPS) is 17.4. The Kier molecular flexibility index (Phi) is 5.42. The molecule has 3 rings (SSSR count). The minimum atomic E-state index is -0.818. The van der Waals surface area contributed by atoms with Crippen LogP contribution < -0.4 is 0 Å². The van der Waals surface area contributed by atoms with Crippen molar-refractivity contribution >= 4 is 11.9 Å². The summed E-state index contributed by atoms with van der Waals surface area (Å²) in [5.74, 6) is -0.846. The van der Waals surface area contributed by atoms with Crippen LogP contribution in [-0.4, -0.2) is 49.5 Å². The van der Waals surface area contributed by atoms with Gasteiger partial charge in [-0.3, -0.25) is 9.59 Å². The van der Waals surface area contributed by atoms with Crippen LogP contribution >= 0.6 is 0 Å². The van der Waals surface area contributed by atoms with Crippen molar-refractivity contribution < 1.29 is 14.7 Å². The first-order chi connectivity index (χ1) is 12.1. The van der Waals surface area contributed by atoms with E-state index in [-0.39, 0.29) is 24.9 Å². The lowest BCUT2D eigenvalue weighted by molar-refractivity contribution is -0.140. The maximum Gasteiger partial charge on any atom is 0.303 e. The van der Waals surface area contributed by atoms with Gasteiger partial charge in [0.2, 0.25) is 5.91 Å². The van der Waals surface area contributed by atoms with Crippen LogP contribution in [0.1, 0.15) is 32.1 Å². The van der Waals surface area contributed by atoms with Gasteiger partial charge >= 0.3 is 5.97 Å². The molecule has 7 heteroatoms. The Morgan fingerprint density at radius 1 is 1.20 bits per heavy atom. The molecule has 1 amide bonds. The molecular weight excluding hydrogens is 320 g/mol. The van der Waals surface area contributed by atoms with E-state index in [0.717, 1.165) is 30.5 Å². The van der Waals surface area contributed by atoms with Gasteiger partial charge < -0.3 is 10.0 Å². The van der Waals surface area contributed by atoms with Gasteiger partial charge in [-0.05, 0) is 25.7 Å². The van der Waals surface area contributed by atoms with Gasteiger partial charge in [0, 0.05) is 24.6 Å². The molecule has 1 aromatic carbocycles. The molecule has 7 nitrogen and oxygen atoms in total. The number of aliphatic carboxylic acids is 1. The number of nitrogens with zero attached hydrogens (tertiary/aromatic N) is 4. The van der Waals surface area contributed by atoms with Crippen molar-refractivity contribution in [2.45, 2.75) is 44.7 Å². The number of hydrogen-bond donors (Lipinski definition) is 1. The summed E-state index contributed by atoms with van der Waals surface area (Å²) in [6.45, 7) is 0.812. The molecule has 0 radical (unpaired) electrons. The quantitative estimate of drug-likeness (QED) is 0.869. The van der Waals surface area contributed by atoms with Crippen molar-refractivity contribution in [3.63, 3.8) is 0 Å². The molecule has 25 heavy (non-hydrogen) atoms. The average Bonchev–Trinajstić information content (AvgIpc) is 3.09. The number of carbonyl (C=O) groups excluding carboxylic acids is 1. The number of amides is 1. The topological polar surface area (TPSA) is 88.3 Å². The van der Waals surface area contributed by atoms with Gasteiger partial charge in [0.1, 0.15) is 12.2 Å². The van der Waals surface area contributed by atoms with Crippen molar-refractivity contribution in [1.82, 2.24) is 19.9 Å². The number of carbonyl (C=O) groups is 2. The van der Waals surface area contributed by atoms with Crippen LogP contribution in [0.25, 0.3) is 11.3 Å². The van der Waals surface area contributed by atoms with Crippen LogP contribution in [-0.2, 0) is 16.1 Å². The third kappa shape index (κ3) is 4.43. The number of rotatable bonds is 6. The fourth-order valence-corrected chi connectivity index (χ4v) is 3.27. The zero-order valence-electron chi connectivity index (χ0n) is 14.0. The van der Waals surface area contributed by atoms with E-state index in [1.807, 2.05) is 35.2 Å². The summed E-state index contributed by atoms with van der Waals surface area (Å²) in [5, 5.41) is 17.1. The van der Waals surface area contributed by atoms with E-state index >= 15 is 0 Å². The number of piperidine rings is 1. The molecule has 1 fully saturated rings. The van der Waals surface area contributed by atoms with Crippen molar-refractivity contribution in [2.75, 3.05) is 6.54 Å². The summed E-state index contributed by atoms with van der Waals surface area (Å²) >= 11 is 0. The Morgan fingerprint density at radius 2 is 2.00 bits per heavy atom. The van der Waals surface area contributed by atoms with Crippen molar-refractivity contribution in [3.05, 3.63) is 36.5 Å². The first-order valence-electron chi connectivity index (χ1n) is 8.60. The third-order valence-corrected chi connectivity index (χ3v) is 4.54. The van der Waals surface area contributed by atoms with E-state index in [9.17, 15) is 9.59 Å². The van der Waals surface area contributed by atoms with E-state index in [0.29, 0.717) is 13.0 Å².